The molecule has 19 heavy (non-hydrogen) atoms. The van der Waals surface area contributed by atoms with Gasteiger partial charge < -0.3 is 10.1 Å². The van der Waals surface area contributed by atoms with E-state index in [2.05, 4.69) is 44.3 Å². The van der Waals surface area contributed by atoms with Crippen molar-refractivity contribution in [2.24, 2.45) is 5.92 Å². The van der Waals surface area contributed by atoms with Crippen LogP contribution in [0.4, 0.5) is 5.69 Å². The molecule has 0 aliphatic carbocycles. The lowest BCUT2D eigenvalue weighted by Gasteiger charge is -2.22. The fraction of sp³-hybridized carbons (Fsp3) is 0.562. The zero-order valence-electron chi connectivity index (χ0n) is 12.6. The van der Waals surface area contributed by atoms with Gasteiger partial charge in [-0.2, -0.15) is 5.26 Å². The molecule has 0 bridgehead atoms. The first-order chi connectivity index (χ1) is 8.92. The largest absolute Gasteiger partial charge is 0.495 e. The van der Waals surface area contributed by atoms with Gasteiger partial charge in [0.15, 0.2) is 0 Å². The number of anilines is 1. The molecule has 3 heteroatoms. The minimum Gasteiger partial charge on any atom is -0.495 e. The van der Waals surface area contributed by atoms with Crippen molar-refractivity contribution < 1.29 is 4.74 Å². The van der Waals surface area contributed by atoms with Gasteiger partial charge in [0.25, 0.3) is 0 Å². The van der Waals surface area contributed by atoms with E-state index in [9.17, 15) is 0 Å². The predicted molar refractivity (Wildman–Crippen MR) is 79.6 cm³/mol. The summed E-state index contributed by atoms with van der Waals surface area (Å²) in [6.45, 7) is 9.23. The molecule has 0 aromatic heterocycles. The van der Waals surface area contributed by atoms with Crippen LogP contribution in [0.1, 0.15) is 39.7 Å². The average Bonchev–Trinajstić information content (AvgIpc) is 2.38. The molecule has 1 N–H and O–H groups in total. The van der Waals surface area contributed by atoms with E-state index < -0.39 is 0 Å². The minimum atomic E-state index is 0.0306. The van der Waals surface area contributed by atoms with Crippen LogP contribution < -0.4 is 10.1 Å². The quantitative estimate of drug-likeness (QED) is 0.871. The molecule has 0 heterocycles. The molecule has 0 aliphatic rings. The van der Waals surface area contributed by atoms with E-state index in [1.54, 1.807) is 7.11 Å². The maximum Gasteiger partial charge on any atom is 0.141 e. The molecule has 0 spiro atoms. The van der Waals surface area contributed by atoms with Gasteiger partial charge in [0.05, 0.1) is 24.8 Å². The van der Waals surface area contributed by atoms with Crippen molar-refractivity contribution >= 4 is 5.69 Å². The summed E-state index contributed by atoms with van der Waals surface area (Å²) in [4.78, 5) is 0. The molecule has 104 valence electrons. The second-order valence-electron chi connectivity index (χ2n) is 5.78. The number of methoxy groups -OCH3 is 1. The normalized spacial score (nSPS) is 12.6. The molecule has 1 rings (SSSR count). The molecule has 3 nitrogen and oxygen atoms in total. The molecule has 0 saturated heterocycles. The summed E-state index contributed by atoms with van der Waals surface area (Å²) in [6.07, 6.45) is 0.852. The lowest BCUT2D eigenvalue weighted by atomic mass is 9.87. The Morgan fingerprint density at radius 1 is 1.37 bits per heavy atom. The van der Waals surface area contributed by atoms with E-state index in [0.717, 1.165) is 17.9 Å². The molecule has 0 radical (unpaired) electrons. The SMILES string of the molecule is CCC(C#N)CNc1cc(C(C)(C)C)ccc1OC. The van der Waals surface area contributed by atoms with E-state index in [4.69, 9.17) is 10.00 Å². The molecule has 0 amide bonds. The van der Waals surface area contributed by atoms with Crippen LogP contribution in [0, 0.1) is 17.2 Å². The second kappa shape index (κ2) is 6.47. The van der Waals surface area contributed by atoms with Gasteiger partial charge in [-0.1, -0.05) is 33.8 Å². The Morgan fingerprint density at radius 2 is 2.05 bits per heavy atom. The number of nitrogens with one attached hydrogen (secondary N) is 1. The van der Waals surface area contributed by atoms with Gasteiger partial charge in [0.2, 0.25) is 0 Å². The predicted octanol–water partition coefficient (Wildman–Crippen LogP) is 3.95. The van der Waals surface area contributed by atoms with Crippen molar-refractivity contribution in [2.45, 2.75) is 39.5 Å². The van der Waals surface area contributed by atoms with Gasteiger partial charge >= 0.3 is 0 Å². The highest BCUT2D eigenvalue weighted by Gasteiger charge is 2.16. The molecule has 0 saturated carbocycles. The topological polar surface area (TPSA) is 45.0 Å². The lowest BCUT2D eigenvalue weighted by molar-refractivity contribution is 0.415. The van der Waals surface area contributed by atoms with Gasteiger partial charge in [-0.3, -0.25) is 0 Å². The maximum absolute atomic E-state index is 8.99. The van der Waals surface area contributed by atoms with Gasteiger partial charge in [-0.15, -0.1) is 0 Å². The van der Waals surface area contributed by atoms with Crippen LogP contribution in [0.5, 0.6) is 5.75 Å². The third-order valence-corrected chi connectivity index (χ3v) is 3.28. The molecular formula is C16H24N2O. The Hall–Kier alpha value is -1.69. The standard InChI is InChI=1S/C16H24N2O/c1-6-12(10-17)11-18-14-9-13(16(2,3)4)7-8-15(14)19-5/h7-9,12,18H,6,11H2,1-5H3. The Bertz CT molecular complexity index is 455. The summed E-state index contributed by atoms with van der Waals surface area (Å²) >= 11 is 0. The summed E-state index contributed by atoms with van der Waals surface area (Å²) in [6, 6.07) is 8.49. The summed E-state index contributed by atoms with van der Waals surface area (Å²) in [7, 11) is 1.67. The first-order valence-corrected chi connectivity index (χ1v) is 6.74. The van der Waals surface area contributed by atoms with Crippen LogP contribution in [-0.4, -0.2) is 13.7 Å². The summed E-state index contributed by atoms with van der Waals surface area (Å²) in [5.74, 6) is 0.851. The van der Waals surface area contributed by atoms with Crippen LogP contribution >= 0.6 is 0 Å². The van der Waals surface area contributed by atoms with Gasteiger partial charge in [0.1, 0.15) is 5.75 Å². The second-order valence-corrected chi connectivity index (χ2v) is 5.78. The smallest absolute Gasteiger partial charge is 0.141 e. The third-order valence-electron chi connectivity index (χ3n) is 3.28. The van der Waals surface area contributed by atoms with Gasteiger partial charge in [0, 0.05) is 6.54 Å². The van der Waals surface area contributed by atoms with E-state index in [1.165, 1.54) is 5.56 Å². The van der Waals surface area contributed by atoms with Crippen molar-refractivity contribution in [1.29, 1.82) is 5.26 Å². The minimum absolute atomic E-state index is 0.0306. The van der Waals surface area contributed by atoms with Crippen molar-refractivity contribution in [3.8, 4) is 11.8 Å². The number of nitriles is 1. The molecule has 0 aliphatic heterocycles. The molecule has 1 aromatic rings. The van der Waals surface area contributed by atoms with Crippen molar-refractivity contribution in [1.82, 2.24) is 0 Å². The Balaban J connectivity index is 2.94. The van der Waals surface area contributed by atoms with E-state index in [-0.39, 0.29) is 11.3 Å². The maximum atomic E-state index is 8.99. The highest BCUT2D eigenvalue weighted by Crippen LogP contribution is 2.31. The lowest BCUT2D eigenvalue weighted by Crippen LogP contribution is -2.15. The summed E-state index contributed by atoms with van der Waals surface area (Å²) in [5.41, 5.74) is 2.31. The zero-order chi connectivity index (χ0) is 14.5. The van der Waals surface area contributed by atoms with Crippen molar-refractivity contribution in [3.05, 3.63) is 23.8 Å². The van der Waals surface area contributed by atoms with Crippen LogP contribution in [-0.2, 0) is 5.41 Å². The van der Waals surface area contributed by atoms with Gasteiger partial charge in [-0.05, 0) is 29.5 Å². The van der Waals surface area contributed by atoms with Crippen LogP contribution in [0.15, 0.2) is 18.2 Å². The number of rotatable bonds is 5. The highest BCUT2D eigenvalue weighted by atomic mass is 16.5. The number of benzene rings is 1. The summed E-state index contributed by atoms with van der Waals surface area (Å²) in [5, 5.41) is 12.3. The van der Waals surface area contributed by atoms with Crippen molar-refractivity contribution in [3.63, 3.8) is 0 Å². The zero-order valence-corrected chi connectivity index (χ0v) is 12.6. The van der Waals surface area contributed by atoms with Crippen molar-refractivity contribution in [2.75, 3.05) is 19.0 Å². The highest BCUT2D eigenvalue weighted by molar-refractivity contribution is 5.59. The Kier molecular flexibility index (Phi) is 5.23. The van der Waals surface area contributed by atoms with Crippen LogP contribution in [0.2, 0.25) is 0 Å². The first-order valence-electron chi connectivity index (χ1n) is 6.74. The average molecular weight is 260 g/mol. The number of ether oxygens (including phenoxy) is 1. The van der Waals surface area contributed by atoms with E-state index >= 15 is 0 Å². The van der Waals surface area contributed by atoms with Gasteiger partial charge in [-0.25, -0.2) is 0 Å². The fourth-order valence-corrected chi connectivity index (χ4v) is 1.83. The van der Waals surface area contributed by atoms with E-state index in [1.807, 2.05) is 13.0 Å². The molecule has 1 atom stereocenters. The monoisotopic (exact) mass is 260 g/mol. The summed E-state index contributed by atoms with van der Waals surface area (Å²) < 4.78 is 5.37. The molecular weight excluding hydrogens is 236 g/mol. The number of hydrogen-bond donors (Lipinski definition) is 1. The Labute approximate surface area is 116 Å². The fourth-order valence-electron chi connectivity index (χ4n) is 1.83. The number of nitrogens with zero attached hydrogens (tertiary/aromatic N) is 1. The molecule has 1 unspecified atom stereocenters. The van der Waals surface area contributed by atoms with Crippen LogP contribution in [0.3, 0.4) is 0 Å². The molecule has 0 fully saturated rings. The Morgan fingerprint density at radius 3 is 2.53 bits per heavy atom. The molecule has 1 aromatic carbocycles. The van der Waals surface area contributed by atoms with E-state index in [0.29, 0.717) is 6.54 Å². The third kappa shape index (κ3) is 4.17. The first kappa shape index (κ1) is 15.4. The number of hydrogen-bond acceptors (Lipinski definition) is 3. The van der Waals surface area contributed by atoms with Crippen LogP contribution in [0.25, 0.3) is 0 Å².